The third-order valence-electron chi connectivity index (χ3n) is 2.37. The van der Waals surface area contributed by atoms with E-state index in [1.165, 1.54) is 37.3 Å². The van der Waals surface area contributed by atoms with Crippen molar-refractivity contribution in [1.29, 1.82) is 0 Å². The van der Waals surface area contributed by atoms with Gasteiger partial charge in [0, 0.05) is 0 Å². The highest BCUT2D eigenvalue weighted by atomic mass is 28.2. The summed E-state index contributed by atoms with van der Waals surface area (Å²) in [6, 6.07) is 10.7. The summed E-state index contributed by atoms with van der Waals surface area (Å²) < 4.78 is 0. The molecule has 1 aromatic carbocycles. The van der Waals surface area contributed by atoms with Crippen LogP contribution >= 0.6 is 0 Å². The van der Waals surface area contributed by atoms with Crippen LogP contribution in [0.15, 0.2) is 42.1 Å². The van der Waals surface area contributed by atoms with Crippen LogP contribution in [0.1, 0.15) is 39.0 Å². The van der Waals surface area contributed by atoms with Crippen LogP contribution in [-0.2, 0) is 0 Å². The first kappa shape index (κ1) is 12.2. The van der Waals surface area contributed by atoms with E-state index in [2.05, 4.69) is 49.0 Å². The minimum absolute atomic E-state index is 0.836. The average Bonchev–Trinajstić information content (AvgIpc) is 2.29. The second kappa shape index (κ2) is 8.48. The molecule has 0 aromatic heterocycles. The van der Waals surface area contributed by atoms with E-state index in [0.717, 1.165) is 9.52 Å². The van der Waals surface area contributed by atoms with Crippen molar-refractivity contribution in [2.45, 2.75) is 39.0 Å². The number of allylic oxidation sites excluding steroid dienone is 1. The minimum atomic E-state index is 0.836. The lowest BCUT2D eigenvalue weighted by atomic mass is 10.2. The molecular weight excluding hydrogens is 196 g/mol. The molecule has 80 valence electrons. The van der Waals surface area contributed by atoms with Crippen molar-refractivity contribution in [2.24, 2.45) is 0 Å². The molecular formula is C14H20Si. The molecule has 0 saturated carbocycles. The van der Waals surface area contributed by atoms with Crippen molar-refractivity contribution in [1.82, 2.24) is 0 Å². The van der Waals surface area contributed by atoms with Gasteiger partial charge in [-0.05, 0) is 12.8 Å². The Morgan fingerprint density at radius 2 is 1.87 bits per heavy atom. The molecule has 0 aliphatic rings. The van der Waals surface area contributed by atoms with Crippen LogP contribution < -0.4 is 5.19 Å². The molecule has 1 heteroatoms. The van der Waals surface area contributed by atoms with E-state index in [1.54, 1.807) is 0 Å². The summed E-state index contributed by atoms with van der Waals surface area (Å²) in [7, 11) is 0.836. The Kier molecular flexibility index (Phi) is 6.93. The van der Waals surface area contributed by atoms with Gasteiger partial charge in [0.15, 0.2) is 0 Å². The lowest BCUT2D eigenvalue weighted by Crippen LogP contribution is -2.10. The number of hydrogen-bond acceptors (Lipinski definition) is 0. The maximum atomic E-state index is 2.33. The fourth-order valence-electron chi connectivity index (χ4n) is 1.46. The Bertz CT molecular complexity index is 264. The molecule has 0 unspecified atom stereocenters. The first-order valence-electron chi connectivity index (χ1n) is 5.90. The SMILES string of the molecule is CCCCCC/C=C/[Si]c1ccccc1. The predicted molar refractivity (Wildman–Crippen MR) is 69.7 cm³/mol. The molecule has 0 nitrogen and oxygen atoms in total. The number of hydrogen-bond donors (Lipinski definition) is 0. The van der Waals surface area contributed by atoms with Gasteiger partial charge in [0.2, 0.25) is 0 Å². The predicted octanol–water partition coefficient (Wildman–Crippen LogP) is 3.50. The van der Waals surface area contributed by atoms with E-state index < -0.39 is 0 Å². The summed E-state index contributed by atoms with van der Waals surface area (Å²) in [5.41, 5.74) is 2.32. The van der Waals surface area contributed by atoms with Gasteiger partial charge in [-0.3, -0.25) is 0 Å². The van der Waals surface area contributed by atoms with Gasteiger partial charge >= 0.3 is 0 Å². The molecule has 0 bridgehead atoms. The number of benzene rings is 1. The monoisotopic (exact) mass is 216 g/mol. The van der Waals surface area contributed by atoms with Crippen LogP contribution in [0.5, 0.6) is 0 Å². The van der Waals surface area contributed by atoms with Gasteiger partial charge in [0.05, 0.1) is 0 Å². The lowest BCUT2D eigenvalue weighted by Gasteiger charge is -1.95. The average molecular weight is 216 g/mol. The second-order valence-corrected chi connectivity index (χ2v) is 4.96. The zero-order valence-electron chi connectivity index (χ0n) is 9.58. The quantitative estimate of drug-likeness (QED) is 0.483. The van der Waals surface area contributed by atoms with Crippen LogP contribution in [-0.4, -0.2) is 9.52 Å². The van der Waals surface area contributed by atoms with Gasteiger partial charge in [-0.15, -0.1) is 0 Å². The highest BCUT2D eigenvalue weighted by molar-refractivity contribution is 6.58. The van der Waals surface area contributed by atoms with E-state index in [-0.39, 0.29) is 0 Å². The molecule has 0 N–H and O–H groups in total. The van der Waals surface area contributed by atoms with E-state index in [0.29, 0.717) is 0 Å². The van der Waals surface area contributed by atoms with E-state index >= 15 is 0 Å². The van der Waals surface area contributed by atoms with Gasteiger partial charge in [-0.25, -0.2) is 0 Å². The zero-order valence-corrected chi connectivity index (χ0v) is 10.6. The normalized spacial score (nSPS) is 11.0. The summed E-state index contributed by atoms with van der Waals surface area (Å²) >= 11 is 0. The maximum absolute atomic E-state index is 2.33. The Morgan fingerprint density at radius 1 is 1.07 bits per heavy atom. The smallest absolute Gasteiger partial charge is 0.0973 e. The van der Waals surface area contributed by atoms with Gasteiger partial charge < -0.3 is 0 Å². The molecule has 0 atom stereocenters. The molecule has 0 heterocycles. The standard InChI is InChI=1S/C14H20Si/c1-2-3-4-5-6-10-13-15-14-11-8-7-9-12-14/h7-13H,2-6H2,1H3/b13-10+. The molecule has 0 aliphatic heterocycles. The van der Waals surface area contributed by atoms with Crippen molar-refractivity contribution in [3.8, 4) is 0 Å². The van der Waals surface area contributed by atoms with Gasteiger partial charge in [-0.2, -0.15) is 0 Å². The second-order valence-electron chi connectivity index (χ2n) is 3.76. The minimum Gasteiger partial charge on any atom is -0.0973 e. The molecule has 0 spiro atoms. The lowest BCUT2D eigenvalue weighted by molar-refractivity contribution is 0.674. The topological polar surface area (TPSA) is 0 Å². The molecule has 0 saturated heterocycles. The van der Waals surface area contributed by atoms with Crippen LogP contribution in [0.4, 0.5) is 0 Å². The Morgan fingerprint density at radius 3 is 2.60 bits per heavy atom. The summed E-state index contributed by atoms with van der Waals surface area (Å²) in [6.45, 7) is 2.26. The van der Waals surface area contributed by atoms with Crippen LogP contribution in [0.3, 0.4) is 0 Å². The van der Waals surface area contributed by atoms with Crippen LogP contribution in [0.2, 0.25) is 0 Å². The molecule has 1 rings (SSSR count). The maximum Gasteiger partial charge on any atom is 0.111 e. The van der Waals surface area contributed by atoms with Gasteiger partial charge in [0.25, 0.3) is 0 Å². The summed E-state index contributed by atoms with van der Waals surface area (Å²) in [6.07, 6.45) is 9.03. The summed E-state index contributed by atoms with van der Waals surface area (Å²) in [5, 5.41) is 1.43. The highest BCUT2D eigenvalue weighted by Crippen LogP contribution is 2.02. The Hall–Kier alpha value is -0.823. The molecule has 15 heavy (non-hydrogen) atoms. The van der Waals surface area contributed by atoms with Gasteiger partial charge in [0.1, 0.15) is 9.52 Å². The van der Waals surface area contributed by atoms with E-state index in [9.17, 15) is 0 Å². The third-order valence-corrected chi connectivity index (χ3v) is 3.44. The summed E-state index contributed by atoms with van der Waals surface area (Å²) in [4.78, 5) is 0. The first-order chi connectivity index (χ1) is 7.43. The van der Waals surface area contributed by atoms with Crippen molar-refractivity contribution >= 4 is 14.7 Å². The highest BCUT2D eigenvalue weighted by Gasteiger charge is 1.88. The van der Waals surface area contributed by atoms with Crippen molar-refractivity contribution in [3.63, 3.8) is 0 Å². The van der Waals surface area contributed by atoms with E-state index in [1.807, 2.05) is 0 Å². The molecule has 2 radical (unpaired) electrons. The van der Waals surface area contributed by atoms with Crippen molar-refractivity contribution in [3.05, 3.63) is 42.1 Å². The largest absolute Gasteiger partial charge is 0.111 e. The molecule has 1 aromatic rings. The molecule has 0 aliphatic carbocycles. The summed E-state index contributed by atoms with van der Waals surface area (Å²) in [5.74, 6) is 0. The van der Waals surface area contributed by atoms with Crippen molar-refractivity contribution < 1.29 is 0 Å². The first-order valence-corrected chi connectivity index (χ1v) is 6.98. The van der Waals surface area contributed by atoms with Gasteiger partial charge in [-0.1, -0.05) is 73.5 Å². The van der Waals surface area contributed by atoms with Crippen LogP contribution in [0, 0.1) is 0 Å². The molecule has 0 fully saturated rings. The fraction of sp³-hybridized carbons (Fsp3) is 0.429. The Balaban J connectivity index is 2.07. The fourth-order valence-corrected chi connectivity index (χ4v) is 2.32. The van der Waals surface area contributed by atoms with Crippen LogP contribution in [0.25, 0.3) is 0 Å². The third kappa shape index (κ3) is 6.29. The molecule has 0 amide bonds. The number of rotatable bonds is 7. The number of unbranched alkanes of at least 4 members (excludes halogenated alkanes) is 4. The zero-order chi connectivity index (χ0) is 10.8. The van der Waals surface area contributed by atoms with Crippen molar-refractivity contribution in [2.75, 3.05) is 0 Å². The Labute approximate surface area is 96.2 Å². The van der Waals surface area contributed by atoms with E-state index in [4.69, 9.17) is 0 Å².